The van der Waals surface area contributed by atoms with E-state index < -0.39 is 11.4 Å². The van der Waals surface area contributed by atoms with Gasteiger partial charge in [-0.1, -0.05) is 25.4 Å². The molecule has 0 atom stereocenters. The number of methoxy groups -OCH3 is 1. The highest BCUT2D eigenvalue weighted by Crippen LogP contribution is 2.35. The van der Waals surface area contributed by atoms with Crippen LogP contribution in [0.25, 0.3) is 0 Å². The van der Waals surface area contributed by atoms with Gasteiger partial charge in [0.15, 0.2) is 0 Å². The maximum atomic E-state index is 11.5. The van der Waals surface area contributed by atoms with E-state index in [1.807, 2.05) is 13.8 Å². The van der Waals surface area contributed by atoms with Gasteiger partial charge in [0.2, 0.25) is 0 Å². The summed E-state index contributed by atoms with van der Waals surface area (Å²) in [5.41, 5.74) is 0.0916. The van der Waals surface area contributed by atoms with Crippen LogP contribution in [0.3, 0.4) is 0 Å². The Morgan fingerprint density at radius 2 is 2.00 bits per heavy atom. The summed E-state index contributed by atoms with van der Waals surface area (Å²) in [7, 11) is 1.58. The van der Waals surface area contributed by atoms with Crippen LogP contribution in [0.15, 0.2) is 18.2 Å². The summed E-state index contributed by atoms with van der Waals surface area (Å²) in [6, 6.07) is 5.29. The normalized spacial score (nSPS) is 11.3. The van der Waals surface area contributed by atoms with Gasteiger partial charge in [-0.3, -0.25) is 4.79 Å². The highest BCUT2D eigenvalue weighted by Gasteiger charge is 2.35. The molecule has 0 unspecified atom stereocenters. The molecule has 0 aliphatic rings. The number of hydrogen-bond acceptors (Lipinski definition) is 2. The van der Waals surface area contributed by atoms with Crippen LogP contribution in [-0.2, 0) is 11.2 Å². The Morgan fingerprint density at radius 3 is 2.44 bits per heavy atom. The summed E-state index contributed by atoms with van der Waals surface area (Å²) in [4.78, 5) is 11.5. The number of halogens is 1. The van der Waals surface area contributed by atoms with Crippen LogP contribution in [0.4, 0.5) is 0 Å². The molecule has 0 saturated carbocycles. The van der Waals surface area contributed by atoms with Crippen LogP contribution >= 0.6 is 11.6 Å². The Kier molecular flexibility index (Phi) is 5.03. The van der Waals surface area contributed by atoms with Gasteiger partial charge in [-0.15, -0.1) is 0 Å². The molecule has 3 nitrogen and oxygen atoms in total. The first-order valence-corrected chi connectivity index (χ1v) is 6.42. The van der Waals surface area contributed by atoms with Crippen molar-refractivity contribution in [2.24, 2.45) is 5.41 Å². The Balaban J connectivity index is 3.15. The van der Waals surface area contributed by atoms with E-state index in [0.717, 1.165) is 5.56 Å². The quantitative estimate of drug-likeness (QED) is 0.856. The zero-order valence-corrected chi connectivity index (χ0v) is 11.8. The predicted octanol–water partition coefficient (Wildman–Crippen LogP) is 3.78. The summed E-state index contributed by atoms with van der Waals surface area (Å²) in [6.45, 7) is 3.79. The molecule has 0 saturated heterocycles. The second-order valence-electron chi connectivity index (χ2n) is 4.43. The van der Waals surface area contributed by atoms with Gasteiger partial charge >= 0.3 is 5.97 Å². The molecular weight excluding hydrogens is 252 g/mol. The molecule has 1 N–H and O–H groups in total. The maximum absolute atomic E-state index is 11.5. The maximum Gasteiger partial charge on any atom is 0.309 e. The van der Waals surface area contributed by atoms with E-state index in [-0.39, 0.29) is 0 Å². The highest BCUT2D eigenvalue weighted by molar-refractivity contribution is 6.30. The number of ether oxygens (including phenoxy) is 1. The van der Waals surface area contributed by atoms with Crippen LogP contribution < -0.4 is 4.74 Å². The number of rotatable bonds is 6. The molecule has 0 aliphatic heterocycles. The fourth-order valence-corrected chi connectivity index (χ4v) is 2.32. The Hall–Kier alpha value is -1.22. The van der Waals surface area contributed by atoms with Crippen molar-refractivity contribution >= 4 is 17.6 Å². The van der Waals surface area contributed by atoms with E-state index in [2.05, 4.69) is 0 Å². The van der Waals surface area contributed by atoms with E-state index in [1.54, 1.807) is 25.3 Å². The minimum absolute atomic E-state index is 0.430. The first-order valence-electron chi connectivity index (χ1n) is 6.05. The van der Waals surface area contributed by atoms with Crippen molar-refractivity contribution in [1.82, 2.24) is 0 Å². The van der Waals surface area contributed by atoms with Crippen LogP contribution in [0.1, 0.15) is 32.3 Å². The monoisotopic (exact) mass is 270 g/mol. The Labute approximate surface area is 113 Å². The van der Waals surface area contributed by atoms with E-state index in [0.29, 0.717) is 30.0 Å². The second-order valence-corrected chi connectivity index (χ2v) is 4.86. The third-order valence-corrected chi connectivity index (χ3v) is 3.81. The van der Waals surface area contributed by atoms with Crippen molar-refractivity contribution < 1.29 is 14.6 Å². The fourth-order valence-electron chi connectivity index (χ4n) is 2.13. The average molecular weight is 271 g/mol. The molecule has 0 aromatic heterocycles. The van der Waals surface area contributed by atoms with Gasteiger partial charge in [-0.2, -0.15) is 0 Å². The molecule has 0 aliphatic carbocycles. The first kappa shape index (κ1) is 14.8. The molecule has 100 valence electrons. The van der Waals surface area contributed by atoms with Crippen molar-refractivity contribution in [3.8, 4) is 5.75 Å². The molecule has 0 spiro atoms. The van der Waals surface area contributed by atoms with Crippen molar-refractivity contribution in [3.05, 3.63) is 28.8 Å². The molecule has 4 heteroatoms. The lowest BCUT2D eigenvalue weighted by molar-refractivity contribution is -0.149. The van der Waals surface area contributed by atoms with Crippen molar-refractivity contribution in [2.45, 2.75) is 33.1 Å². The minimum Gasteiger partial charge on any atom is -0.496 e. The van der Waals surface area contributed by atoms with E-state index in [1.165, 1.54) is 0 Å². The lowest BCUT2D eigenvalue weighted by Gasteiger charge is -2.27. The molecule has 0 heterocycles. The molecule has 1 rings (SSSR count). The number of carbonyl (C=O) groups is 1. The molecule has 0 radical (unpaired) electrons. The molecule has 1 aromatic carbocycles. The summed E-state index contributed by atoms with van der Waals surface area (Å²) in [6.07, 6.45) is 1.59. The molecule has 18 heavy (non-hydrogen) atoms. The Morgan fingerprint density at radius 1 is 1.39 bits per heavy atom. The van der Waals surface area contributed by atoms with Gasteiger partial charge in [0.25, 0.3) is 0 Å². The van der Waals surface area contributed by atoms with Crippen molar-refractivity contribution in [3.63, 3.8) is 0 Å². The SMILES string of the molecule is CCC(CC)(Cc1cc(Cl)ccc1OC)C(=O)O. The lowest BCUT2D eigenvalue weighted by atomic mass is 9.77. The zero-order chi connectivity index (χ0) is 13.8. The minimum atomic E-state index is -0.769. The van der Waals surface area contributed by atoms with Gasteiger partial charge in [0.05, 0.1) is 12.5 Å². The summed E-state index contributed by atoms with van der Waals surface area (Å²) >= 11 is 5.97. The number of aliphatic carboxylic acids is 1. The van der Waals surface area contributed by atoms with Gasteiger partial charge < -0.3 is 9.84 Å². The standard InChI is InChI=1S/C14H19ClO3/c1-4-14(5-2,13(16)17)9-10-8-11(15)6-7-12(10)18-3/h6-8H,4-5,9H2,1-3H3,(H,16,17). The van der Waals surface area contributed by atoms with E-state index in [4.69, 9.17) is 16.3 Å². The topological polar surface area (TPSA) is 46.5 Å². The number of hydrogen-bond donors (Lipinski definition) is 1. The highest BCUT2D eigenvalue weighted by atomic mass is 35.5. The summed E-state index contributed by atoms with van der Waals surface area (Å²) in [5.74, 6) is -0.0820. The van der Waals surface area contributed by atoms with Crippen molar-refractivity contribution in [2.75, 3.05) is 7.11 Å². The van der Waals surface area contributed by atoms with Crippen LogP contribution in [-0.4, -0.2) is 18.2 Å². The molecule has 0 fully saturated rings. The number of benzene rings is 1. The van der Waals surface area contributed by atoms with Gasteiger partial charge in [0.1, 0.15) is 5.75 Å². The van der Waals surface area contributed by atoms with Crippen LogP contribution in [0.2, 0.25) is 5.02 Å². The van der Waals surface area contributed by atoms with Gasteiger partial charge in [-0.05, 0) is 43.0 Å². The Bertz CT molecular complexity index is 425. The van der Waals surface area contributed by atoms with Gasteiger partial charge in [-0.25, -0.2) is 0 Å². The summed E-state index contributed by atoms with van der Waals surface area (Å²) in [5, 5.41) is 10.0. The average Bonchev–Trinajstić information content (AvgIpc) is 2.36. The smallest absolute Gasteiger partial charge is 0.309 e. The third kappa shape index (κ3) is 2.96. The van der Waals surface area contributed by atoms with E-state index >= 15 is 0 Å². The molecular formula is C14H19ClO3. The van der Waals surface area contributed by atoms with E-state index in [9.17, 15) is 9.90 Å². The molecule has 0 amide bonds. The lowest BCUT2D eigenvalue weighted by Crippen LogP contribution is -2.32. The zero-order valence-electron chi connectivity index (χ0n) is 11.0. The fraction of sp³-hybridized carbons (Fsp3) is 0.500. The van der Waals surface area contributed by atoms with Crippen molar-refractivity contribution in [1.29, 1.82) is 0 Å². The third-order valence-electron chi connectivity index (χ3n) is 3.58. The second kappa shape index (κ2) is 6.10. The molecule has 0 bridgehead atoms. The predicted molar refractivity (Wildman–Crippen MR) is 72.4 cm³/mol. The number of carboxylic acid groups (broad SMARTS) is 1. The number of carboxylic acids is 1. The van der Waals surface area contributed by atoms with Crippen LogP contribution in [0.5, 0.6) is 5.75 Å². The first-order chi connectivity index (χ1) is 8.49. The largest absolute Gasteiger partial charge is 0.496 e. The summed E-state index contributed by atoms with van der Waals surface area (Å²) < 4.78 is 5.26. The van der Waals surface area contributed by atoms with Gasteiger partial charge in [0, 0.05) is 5.02 Å². The molecule has 1 aromatic rings. The van der Waals surface area contributed by atoms with Crippen LogP contribution in [0, 0.1) is 5.41 Å².